The van der Waals surface area contributed by atoms with Crippen molar-refractivity contribution >= 4 is 11.9 Å². The molecule has 8 heteroatoms. The predicted molar refractivity (Wildman–Crippen MR) is 156 cm³/mol. The molecule has 3 aliphatic carbocycles. The van der Waals surface area contributed by atoms with Gasteiger partial charge in [-0.3, -0.25) is 9.69 Å². The van der Waals surface area contributed by atoms with Gasteiger partial charge in [0.15, 0.2) is 6.10 Å². The summed E-state index contributed by atoms with van der Waals surface area (Å²) in [6, 6.07) is 14.0. The van der Waals surface area contributed by atoms with Crippen molar-refractivity contribution in [1.29, 1.82) is 0 Å². The Morgan fingerprint density at radius 3 is 2.64 bits per heavy atom. The van der Waals surface area contributed by atoms with Crippen LogP contribution < -0.4 is 10.1 Å². The third-order valence-electron chi connectivity index (χ3n) is 10.3. The molecule has 1 amide bonds. The fourth-order valence-electron chi connectivity index (χ4n) is 8.06. The molecule has 1 saturated carbocycles. The van der Waals surface area contributed by atoms with Crippen LogP contribution in [0.1, 0.15) is 61.8 Å². The number of ether oxygens (including phenoxy) is 3. The van der Waals surface area contributed by atoms with Crippen molar-refractivity contribution in [3.63, 3.8) is 0 Å². The number of nitrogens with zero attached hydrogens (tertiary/aromatic N) is 1. The van der Waals surface area contributed by atoms with Gasteiger partial charge in [0, 0.05) is 24.6 Å². The second-order valence-corrected chi connectivity index (χ2v) is 13.4. The van der Waals surface area contributed by atoms with Gasteiger partial charge in [0.05, 0.1) is 23.7 Å². The number of esters is 1. The number of nitrogens with one attached hydrogen (secondary N) is 1. The van der Waals surface area contributed by atoms with E-state index in [1.807, 2.05) is 37.3 Å². The number of carbonyl (C=O) groups is 2. The minimum atomic E-state index is -1.27. The van der Waals surface area contributed by atoms with Crippen molar-refractivity contribution in [2.45, 2.75) is 88.2 Å². The van der Waals surface area contributed by atoms with E-state index in [2.05, 4.69) is 22.3 Å². The lowest BCUT2D eigenvalue weighted by Gasteiger charge is -2.63. The molecule has 2 aromatic rings. The highest BCUT2D eigenvalue weighted by atomic mass is 16.5. The van der Waals surface area contributed by atoms with E-state index in [4.69, 9.17) is 14.2 Å². The Hall–Kier alpha value is -3.36. The number of aryl methyl sites for hydroxylation is 1. The summed E-state index contributed by atoms with van der Waals surface area (Å²) < 4.78 is 18.4. The monoisotopic (exact) mass is 572 g/mol. The third-order valence-corrected chi connectivity index (χ3v) is 10.3. The Kier molecular flexibility index (Phi) is 6.26. The summed E-state index contributed by atoms with van der Waals surface area (Å²) >= 11 is 0. The number of carbonyl (C=O) groups excluding carboxylic acids is 2. The van der Waals surface area contributed by atoms with Gasteiger partial charge in [-0.05, 0) is 75.6 Å². The minimum absolute atomic E-state index is 0.110. The van der Waals surface area contributed by atoms with Crippen molar-refractivity contribution in [2.75, 3.05) is 20.2 Å². The molecule has 2 aliphatic heterocycles. The highest BCUT2D eigenvalue weighted by molar-refractivity contribution is 5.98. The number of aliphatic hydroxyl groups is 1. The van der Waals surface area contributed by atoms with Gasteiger partial charge < -0.3 is 24.6 Å². The molecule has 2 fully saturated rings. The first-order valence-corrected chi connectivity index (χ1v) is 15.2. The maximum atomic E-state index is 14.2. The van der Waals surface area contributed by atoms with Crippen LogP contribution in [0.5, 0.6) is 5.75 Å². The number of piperidine rings is 1. The van der Waals surface area contributed by atoms with Gasteiger partial charge in [0.1, 0.15) is 23.7 Å². The fraction of sp³-hybridized carbons (Fsp3) is 0.529. The van der Waals surface area contributed by atoms with Crippen LogP contribution in [0.15, 0.2) is 53.8 Å². The zero-order valence-electron chi connectivity index (χ0n) is 24.9. The second-order valence-electron chi connectivity index (χ2n) is 13.4. The summed E-state index contributed by atoms with van der Waals surface area (Å²) in [4.78, 5) is 29.2. The van der Waals surface area contributed by atoms with E-state index in [0.29, 0.717) is 30.1 Å². The van der Waals surface area contributed by atoms with E-state index < -0.39 is 34.5 Å². The number of hydrogen-bond donors (Lipinski definition) is 2. The van der Waals surface area contributed by atoms with E-state index in [0.717, 1.165) is 35.5 Å². The van der Waals surface area contributed by atoms with Gasteiger partial charge in [-0.25, -0.2) is 4.79 Å². The average Bonchev–Trinajstić information content (AvgIpc) is 3.71. The summed E-state index contributed by atoms with van der Waals surface area (Å²) in [6.45, 7) is 7.34. The van der Waals surface area contributed by atoms with Crippen molar-refractivity contribution in [1.82, 2.24) is 10.2 Å². The smallest absolute Gasteiger partial charge is 0.330 e. The van der Waals surface area contributed by atoms with Gasteiger partial charge in [-0.15, -0.1) is 0 Å². The third kappa shape index (κ3) is 3.94. The van der Waals surface area contributed by atoms with Crippen molar-refractivity contribution < 1.29 is 28.9 Å². The largest absolute Gasteiger partial charge is 0.489 e. The normalized spacial score (nSPS) is 29.5. The lowest BCUT2D eigenvalue weighted by molar-refractivity contribution is -0.175. The summed E-state index contributed by atoms with van der Waals surface area (Å²) in [5.41, 5.74) is 1.36. The lowest BCUT2D eigenvalue weighted by atomic mass is 9.49. The molecule has 0 radical (unpaired) electrons. The van der Waals surface area contributed by atoms with Crippen LogP contribution in [-0.2, 0) is 37.5 Å². The van der Waals surface area contributed by atoms with E-state index in [1.54, 1.807) is 13.8 Å². The number of rotatable bonds is 8. The zero-order chi connectivity index (χ0) is 29.4. The van der Waals surface area contributed by atoms with Crippen LogP contribution in [0, 0.1) is 12.8 Å². The first kappa shape index (κ1) is 27.5. The van der Waals surface area contributed by atoms with E-state index in [1.165, 1.54) is 25.5 Å². The molecule has 0 unspecified atom stereocenters. The quantitative estimate of drug-likeness (QED) is 0.466. The van der Waals surface area contributed by atoms with Gasteiger partial charge in [0.25, 0.3) is 5.91 Å². The molecule has 7 rings (SSSR count). The summed E-state index contributed by atoms with van der Waals surface area (Å²) in [5, 5.41) is 16.0. The topological polar surface area (TPSA) is 97.3 Å². The highest BCUT2D eigenvalue weighted by Crippen LogP contribution is 2.65. The summed E-state index contributed by atoms with van der Waals surface area (Å²) in [5.74, 6) is 0.914. The molecule has 5 aliphatic rings. The lowest BCUT2D eigenvalue weighted by Crippen LogP contribution is -2.76. The van der Waals surface area contributed by atoms with Gasteiger partial charge >= 0.3 is 5.97 Å². The number of likely N-dealkylation sites (tertiary alicyclic amines) is 1. The standard InChI is InChI=1S/C34H40N2O6/c1-20-10-13-23-16-25-34(39)17-24(30(37)35-32(2,3)31(38)40-4)28(41-19-22-8-6-5-7-9-22)29-33(34,26(23)27(20)42-29)14-15-36(25)18-21-11-12-21/h5-10,13,21,25,29,39H,11-12,14-19H2,1-4H3,(H,35,37)/t25-,29+,33+,34-/m1/s1. The first-order valence-electron chi connectivity index (χ1n) is 15.2. The summed E-state index contributed by atoms with van der Waals surface area (Å²) in [6.07, 6.45) is 3.31. The molecule has 2 N–H and O–H groups in total. The predicted octanol–water partition coefficient (Wildman–Crippen LogP) is 3.71. The van der Waals surface area contributed by atoms with Gasteiger partial charge in [0.2, 0.25) is 0 Å². The number of methoxy groups -OCH3 is 1. The zero-order valence-corrected chi connectivity index (χ0v) is 24.9. The van der Waals surface area contributed by atoms with E-state index in [-0.39, 0.29) is 19.1 Å². The Morgan fingerprint density at radius 2 is 1.93 bits per heavy atom. The van der Waals surface area contributed by atoms with Crippen LogP contribution >= 0.6 is 0 Å². The summed E-state index contributed by atoms with van der Waals surface area (Å²) in [7, 11) is 1.30. The Balaban J connectivity index is 1.38. The molecular weight excluding hydrogens is 532 g/mol. The Bertz CT molecular complexity index is 1480. The van der Waals surface area contributed by atoms with Crippen LogP contribution in [0.4, 0.5) is 0 Å². The van der Waals surface area contributed by atoms with Crippen molar-refractivity contribution in [3.05, 3.63) is 76.1 Å². The number of benzene rings is 2. The Morgan fingerprint density at radius 1 is 1.17 bits per heavy atom. The molecule has 2 bridgehead atoms. The number of amides is 1. The van der Waals surface area contributed by atoms with Crippen molar-refractivity contribution in [2.24, 2.45) is 5.92 Å². The minimum Gasteiger partial charge on any atom is -0.489 e. The molecule has 2 aromatic carbocycles. The molecule has 8 nitrogen and oxygen atoms in total. The van der Waals surface area contributed by atoms with E-state index >= 15 is 0 Å². The molecule has 0 aromatic heterocycles. The molecule has 222 valence electrons. The fourth-order valence-corrected chi connectivity index (χ4v) is 8.06. The molecule has 2 heterocycles. The van der Waals surface area contributed by atoms with Crippen LogP contribution in [-0.4, -0.2) is 65.4 Å². The van der Waals surface area contributed by atoms with Crippen LogP contribution in [0.25, 0.3) is 0 Å². The first-order chi connectivity index (χ1) is 20.1. The highest BCUT2D eigenvalue weighted by Gasteiger charge is 2.73. The van der Waals surface area contributed by atoms with E-state index in [9.17, 15) is 14.7 Å². The molecule has 42 heavy (non-hydrogen) atoms. The molecular formula is C34H40N2O6. The van der Waals surface area contributed by atoms with Crippen molar-refractivity contribution in [3.8, 4) is 5.75 Å². The Labute approximate surface area is 247 Å². The van der Waals surface area contributed by atoms with Crippen LogP contribution in [0.2, 0.25) is 0 Å². The number of hydrogen-bond acceptors (Lipinski definition) is 7. The molecule has 4 atom stereocenters. The second kappa shape index (κ2) is 9.58. The maximum absolute atomic E-state index is 14.2. The maximum Gasteiger partial charge on any atom is 0.330 e. The average molecular weight is 573 g/mol. The van der Waals surface area contributed by atoms with Gasteiger partial charge in [-0.2, -0.15) is 0 Å². The SMILES string of the molecule is COC(=O)C(C)(C)NC(=O)C1=C(OCc2ccccc2)[C@@H]2Oc3c(C)ccc4c3[C@@]23CCN(CC2CC2)[C@H](C4)[C@]3(O)C1. The molecule has 1 saturated heterocycles. The molecule has 1 spiro atoms. The van der Waals surface area contributed by atoms with Gasteiger partial charge in [-0.1, -0.05) is 42.5 Å². The van der Waals surface area contributed by atoms with Crippen LogP contribution in [0.3, 0.4) is 0 Å².